The molecule has 1 N–H and O–H groups in total. The number of hydrogen-bond donors (Lipinski definition) is 1. The quantitative estimate of drug-likeness (QED) is 0.767. The van der Waals surface area contributed by atoms with Crippen molar-refractivity contribution in [3.63, 3.8) is 0 Å². The standard InChI is InChI=1S/C14H21NO2/c1-3-15-13-8-7-12-11(13)5-4-6-14(12)17-10-9-16-2/h4-6,13,15H,3,7-10H2,1-2H3. The summed E-state index contributed by atoms with van der Waals surface area (Å²) >= 11 is 0. The van der Waals surface area contributed by atoms with Gasteiger partial charge in [0, 0.05) is 13.2 Å². The molecule has 0 aromatic heterocycles. The van der Waals surface area contributed by atoms with Gasteiger partial charge in [0.25, 0.3) is 0 Å². The van der Waals surface area contributed by atoms with Crippen LogP contribution in [-0.4, -0.2) is 26.9 Å². The van der Waals surface area contributed by atoms with Gasteiger partial charge in [-0.15, -0.1) is 0 Å². The zero-order valence-electron chi connectivity index (χ0n) is 10.7. The first-order chi connectivity index (χ1) is 8.36. The molecule has 0 saturated carbocycles. The van der Waals surface area contributed by atoms with Crippen LogP contribution in [0.5, 0.6) is 5.75 Å². The average molecular weight is 235 g/mol. The molecule has 94 valence electrons. The number of fused-ring (bicyclic) bond motifs is 1. The maximum Gasteiger partial charge on any atom is 0.122 e. The normalized spacial score (nSPS) is 18.1. The summed E-state index contributed by atoms with van der Waals surface area (Å²) in [4.78, 5) is 0. The third-order valence-electron chi connectivity index (χ3n) is 3.22. The van der Waals surface area contributed by atoms with E-state index in [-0.39, 0.29) is 0 Å². The molecule has 17 heavy (non-hydrogen) atoms. The summed E-state index contributed by atoms with van der Waals surface area (Å²) in [6.45, 7) is 4.43. The first-order valence-electron chi connectivity index (χ1n) is 6.33. The van der Waals surface area contributed by atoms with Gasteiger partial charge in [-0.2, -0.15) is 0 Å². The molecule has 3 heteroatoms. The van der Waals surface area contributed by atoms with Crippen molar-refractivity contribution in [1.82, 2.24) is 5.32 Å². The maximum atomic E-state index is 5.76. The van der Waals surface area contributed by atoms with E-state index in [0.29, 0.717) is 19.3 Å². The monoisotopic (exact) mass is 235 g/mol. The fourth-order valence-corrected chi connectivity index (χ4v) is 2.45. The first kappa shape index (κ1) is 12.4. The van der Waals surface area contributed by atoms with Gasteiger partial charge in [0.2, 0.25) is 0 Å². The number of ether oxygens (including phenoxy) is 2. The van der Waals surface area contributed by atoms with Gasteiger partial charge in [0.1, 0.15) is 12.4 Å². The molecule has 0 bridgehead atoms. The Hall–Kier alpha value is -1.06. The molecule has 0 radical (unpaired) electrons. The smallest absolute Gasteiger partial charge is 0.122 e. The topological polar surface area (TPSA) is 30.5 Å². The second-order valence-corrected chi connectivity index (χ2v) is 4.31. The van der Waals surface area contributed by atoms with E-state index < -0.39 is 0 Å². The zero-order chi connectivity index (χ0) is 12.1. The highest BCUT2D eigenvalue weighted by molar-refractivity contribution is 5.45. The average Bonchev–Trinajstić information content (AvgIpc) is 2.75. The van der Waals surface area contributed by atoms with Crippen LogP contribution in [0.25, 0.3) is 0 Å². The van der Waals surface area contributed by atoms with Crippen LogP contribution in [0.15, 0.2) is 18.2 Å². The molecule has 3 nitrogen and oxygen atoms in total. The van der Waals surface area contributed by atoms with Crippen molar-refractivity contribution in [1.29, 1.82) is 0 Å². The molecule has 1 aromatic carbocycles. The van der Waals surface area contributed by atoms with E-state index in [9.17, 15) is 0 Å². The van der Waals surface area contributed by atoms with Gasteiger partial charge in [-0.3, -0.25) is 0 Å². The molecule has 1 atom stereocenters. The third kappa shape index (κ3) is 2.79. The Morgan fingerprint density at radius 3 is 3.00 bits per heavy atom. The summed E-state index contributed by atoms with van der Waals surface area (Å²) in [5.41, 5.74) is 2.77. The highest BCUT2D eigenvalue weighted by Crippen LogP contribution is 2.36. The van der Waals surface area contributed by atoms with E-state index in [0.717, 1.165) is 18.7 Å². The lowest BCUT2D eigenvalue weighted by molar-refractivity contribution is 0.146. The minimum Gasteiger partial charge on any atom is -0.491 e. The molecular weight excluding hydrogens is 214 g/mol. The lowest BCUT2D eigenvalue weighted by Crippen LogP contribution is -2.18. The summed E-state index contributed by atoms with van der Waals surface area (Å²) in [6, 6.07) is 6.85. The van der Waals surface area contributed by atoms with Gasteiger partial charge in [0.05, 0.1) is 6.61 Å². The van der Waals surface area contributed by atoms with E-state index in [1.165, 1.54) is 17.5 Å². The molecule has 1 aliphatic carbocycles. The van der Waals surface area contributed by atoms with Crippen molar-refractivity contribution in [3.05, 3.63) is 29.3 Å². The van der Waals surface area contributed by atoms with Gasteiger partial charge in [-0.05, 0) is 36.6 Å². The second kappa shape index (κ2) is 6.03. The summed E-state index contributed by atoms with van der Waals surface area (Å²) in [5.74, 6) is 1.03. The Kier molecular flexibility index (Phi) is 4.40. The highest BCUT2D eigenvalue weighted by Gasteiger charge is 2.24. The lowest BCUT2D eigenvalue weighted by Gasteiger charge is -2.14. The summed E-state index contributed by atoms with van der Waals surface area (Å²) in [6.07, 6.45) is 2.28. The molecule has 1 aromatic rings. The molecular formula is C14H21NO2. The fraction of sp³-hybridized carbons (Fsp3) is 0.571. The molecule has 0 amide bonds. The number of benzene rings is 1. The van der Waals surface area contributed by atoms with Crippen LogP contribution >= 0.6 is 0 Å². The lowest BCUT2D eigenvalue weighted by atomic mass is 10.1. The maximum absolute atomic E-state index is 5.76. The summed E-state index contributed by atoms with van der Waals surface area (Å²) in [5, 5.41) is 3.51. The minimum atomic E-state index is 0.501. The van der Waals surface area contributed by atoms with Gasteiger partial charge in [-0.1, -0.05) is 19.1 Å². The number of hydrogen-bond acceptors (Lipinski definition) is 3. The van der Waals surface area contributed by atoms with Crippen LogP contribution in [0, 0.1) is 0 Å². The molecule has 2 rings (SSSR count). The molecule has 0 aliphatic heterocycles. The number of nitrogens with one attached hydrogen (secondary N) is 1. The fourth-order valence-electron chi connectivity index (χ4n) is 2.45. The van der Waals surface area contributed by atoms with Crippen molar-refractivity contribution in [2.75, 3.05) is 26.9 Å². The zero-order valence-corrected chi connectivity index (χ0v) is 10.7. The van der Waals surface area contributed by atoms with Gasteiger partial charge >= 0.3 is 0 Å². The van der Waals surface area contributed by atoms with E-state index in [4.69, 9.17) is 9.47 Å². The molecule has 1 unspecified atom stereocenters. The predicted octanol–water partition coefficient (Wildman–Crippen LogP) is 2.31. The van der Waals surface area contributed by atoms with Gasteiger partial charge < -0.3 is 14.8 Å². The largest absolute Gasteiger partial charge is 0.491 e. The molecule has 0 saturated heterocycles. The Labute approximate surface area is 103 Å². The van der Waals surface area contributed by atoms with E-state index in [1.807, 2.05) is 0 Å². The van der Waals surface area contributed by atoms with Crippen LogP contribution in [0.1, 0.15) is 30.5 Å². The Bertz CT molecular complexity index is 365. The molecule has 1 aliphatic rings. The van der Waals surface area contributed by atoms with Crippen LogP contribution in [0.4, 0.5) is 0 Å². The van der Waals surface area contributed by atoms with Crippen LogP contribution in [0.3, 0.4) is 0 Å². The van der Waals surface area contributed by atoms with Crippen LogP contribution in [-0.2, 0) is 11.2 Å². The number of methoxy groups -OCH3 is 1. The van der Waals surface area contributed by atoms with Crippen molar-refractivity contribution in [2.45, 2.75) is 25.8 Å². The van der Waals surface area contributed by atoms with Gasteiger partial charge in [-0.25, -0.2) is 0 Å². The predicted molar refractivity (Wildman–Crippen MR) is 68.6 cm³/mol. The SMILES string of the molecule is CCNC1CCc2c(OCCOC)cccc21. The molecule has 0 fully saturated rings. The minimum absolute atomic E-state index is 0.501. The Balaban J connectivity index is 2.09. The Morgan fingerprint density at radius 1 is 1.35 bits per heavy atom. The number of rotatable bonds is 6. The molecule has 0 spiro atoms. The van der Waals surface area contributed by atoms with Crippen molar-refractivity contribution in [3.8, 4) is 5.75 Å². The molecule has 0 heterocycles. The summed E-state index contributed by atoms with van der Waals surface area (Å²) in [7, 11) is 1.69. The van der Waals surface area contributed by atoms with Crippen LogP contribution < -0.4 is 10.1 Å². The van der Waals surface area contributed by atoms with Gasteiger partial charge in [0.15, 0.2) is 0 Å². The second-order valence-electron chi connectivity index (χ2n) is 4.31. The summed E-state index contributed by atoms with van der Waals surface area (Å²) < 4.78 is 10.8. The van der Waals surface area contributed by atoms with E-state index in [2.05, 4.69) is 30.4 Å². The van der Waals surface area contributed by atoms with Crippen molar-refractivity contribution < 1.29 is 9.47 Å². The Morgan fingerprint density at radius 2 is 2.24 bits per heavy atom. The van der Waals surface area contributed by atoms with E-state index >= 15 is 0 Å². The van der Waals surface area contributed by atoms with E-state index in [1.54, 1.807) is 7.11 Å². The van der Waals surface area contributed by atoms with Crippen LogP contribution in [0.2, 0.25) is 0 Å². The third-order valence-corrected chi connectivity index (χ3v) is 3.22. The van der Waals surface area contributed by atoms with Crippen molar-refractivity contribution in [2.24, 2.45) is 0 Å². The highest BCUT2D eigenvalue weighted by atomic mass is 16.5. The first-order valence-corrected chi connectivity index (χ1v) is 6.33. The van der Waals surface area contributed by atoms with Crippen molar-refractivity contribution >= 4 is 0 Å².